The van der Waals surface area contributed by atoms with Crippen LogP contribution in [0.2, 0.25) is 0 Å². The molecule has 1 aromatic rings. The predicted molar refractivity (Wildman–Crippen MR) is 45.6 cm³/mol. The second kappa shape index (κ2) is 3.31. The van der Waals surface area contributed by atoms with Crippen molar-refractivity contribution in [2.45, 2.75) is 31.8 Å². The molecule has 1 aromatic heterocycles. The van der Waals surface area contributed by atoms with E-state index < -0.39 is 0 Å². The van der Waals surface area contributed by atoms with Crippen LogP contribution in [0.15, 0.2) is 23.0 Å². The maximum Gasteiger partial charge on any atom is 0.0960 e. The SMILES string of the molecule is OC(c1ccoc1)C1CCCC1. The molecule has 1 aliphatic rings. The molecule has 2 heteroatoms. The number of hydrogen-bond acceptors (Lipinski definition) is 2. The van der Waals surface area contributed by atoms with Crippen LogP contribution in [0.1, 0.15) is 37.4 Å². The molecule has 1 atom stereocenters. The summed E-state index contributed by atoms with van der Waals surface area (Å²) in [5, 5.41) is 9.85. The van der Waals surface area contributed by atoms with E-state index in [0.29, 0.717) is 5.92 Å². The molecule has 0 spiro atoms. The minimum atomic E-state index is -0.300. The molecule has 1 fully saturated rings. The summed E-state index contributed by atoms with van der Waals surface area (Å²) < 4.78 is 4.94. The van der Waals surface area contributed by atoms with Gasteiger partial charge >= 0.3 is 0 Å². The van der Waals surface area contributed by atoms with Crippen molar-refractivity contribution in [2.24, 2.45) is 5.92 Å². The maximum atomic E-state index is 9.85. The van der Waals surface area contributed by atoms with Crippen LogP contribution >= 0.6 is 0 Å². The van der Waals surface area contributed by atoms with Gasteiger partial charge in [0.2, 0.25) is 0 Å². The Labute approximate surface area is 72.2 Å². The quantitative estimate of drug-likeness (QED) is 0.732. The molecule has 2 rings (SSSR count). The van der Waals surface area contributed by atoms with Crippen LogP contribution in [-0.4, -0.2) is 5.11 Å². The van der Waals surface area contributed by atoms with Gasteiger partial charge in [-0.15, -0.1) is 0 Å². The van der Waals surface area contributed by atoms with Crippen LogP contribution in [0, 0.1) is 5.92 Å². The Hall–Kier alpha value is -0.760. The van der Waals surface area contributed by atoms with Crippen LogP contribution in [-0.2, 0) is 0 Å². The van der Waals surface area contributed by atoms with Gasteiger partial charge in [-0.3, -0.25) is 0 Å². The normalized spacial score (nSPS) is 21.4. The molecule has 2 nitrogen and oxygen atoms in total. The fourth-order valence-electron chi connectivity index (χ4n) is 1.99. The zero-order valence-electron chi connectivity index (χ0n) is 7.07. The lowest BCUT2D eigenvalue weighted by Crippen LogP contribution is -2.07. The van der Waals surface area contributed by atoms with Crippen molar-refractivity contribution in [3.05, 3.63) is 24.2 Å². The lowest BCUT2D eigenvalue weighted by atomic mass is 9.96. The van der Waals surface area contributed by atoms with Crippen molar-refractivity contribution in [1.29, 1.82) is 0 Å². The third-order valence-electron chi connectivity index (χ3n) is 2.73. The average molecular weight is 166 g/mol. The van der Waals surface area contributed by atoms with Gasteiger partial charge in [0, 0.05) is 5.56 Å². The van der Waals surface area contributed by atoms with Crippen molar-refractivity contribution in [1.82, 2.24) is 0 Å². The van der Waals surface area contributed by atoms with E-state index in [-0.39, 0.29) is 6.10 Å². The zero-order chi connectivity index (χ0) is 8.39. The summed E-state index contributed by atoms with van der Waals surface area (Å²) in [6.07, 6.45) is 7.81. The van der Waals surface area contributed by atoms with Crippen molar-refractivity contribution >= 4 is 0 Å². The van der Waals surface area contributed by atoms with Crippen molar-refractivity contribution in [3.8, 4) is 0 Å². The highest BCUT2D eigenvalue weighted by molar-refractivity contribution is 5.10. The third-order valence-corrected chi connectivity index (χ3v) is 2.73. The van der Waals surface area contributed by atoms with E-state index in [1.165, 1.54) is 12.8 Å². The largest absolute Gasteiger partial charge is 0.472 e. The van der Waals surface area contributed by atoms with E-state index >= 15 is 0 Å². The Kier molecular flexibility index (Phi) is 2.17. The first kappa shape index (κ1) is 7.87. The molecule has 0 amide bonds. The van der Waals surface area contributed by atoms with Gasteiger partial charge < -0.3 is 9.52 Å². The van der Waals surface area contributed by atoms with Crippen LogP contribution in [0.4, 0.5) is 0 Å². The van der Waals surface area contributed by atoms with E-state index in [1.807, 2.05) is 6.07 Å². The number of furan rings is 1. The standard InChI is InChI=1S/C10H14O2/c11-10(8-3-1-2-4-8)9-5-6-12-7-9/h5-8,10-11H,1-4H2. The van der Waals surface area contributed by atoms with Gasteiger partial charge in [0.25, 0.3) is 0 Å². The zero-order valence-corrected chi connectivity index (χ0v) is 7.07. The van der Waals surface area contributed by atoms with Gasteiger partial charge in [-0.1, -0.05) is 12.8 Å². The summed E-state index contributed by atoms with van der Waals surface area (Å²) in [7, 11) is 0. The molecule has 1 unspecified atom stereocenters. The summed E-state index contributed by atoms with van der Waals surface area (Å²) in [6.45, 7) is 0. The lowest BCUT2D eigenvalue weighted by molar-refractivity contribution is 0.111. The van der Waals surface area contributed by atoms with Crippen LogP contribution < -0.4 is 0 Å². The van der Waals surface area contributed by atoms with E-state index in [4.69, 9.17) is 4.42 Å². The molecule has 0 aliphatic heterocycles. The molecule has 1 aliphatic carbocycles. The van der Waals surface area contributed by atoms with Gasteiger partial charge in [0.05, 0.1) is 18.6 Å². The van der Waals surface area contributed by atoms with Crippen molar-refractivity contribution in [2.75, 3.05) is 0 Å². The number of hydrogen-bond donors (Lipinski definition) is 1. The molecular formula is C10H14O2. The third kappa shape index (κ3) is 1.39. The summed E-state index contributed by atoms with van der Waals surface area (Å²) in [5.41, 5.74) is 0.932. The molecule has 0 radical (unpaired) electrons. The number of aliphatic hydroxyl groups excluding tert-OH is 1. The molecule has 1 saturated carbocycles. The van der Waals surface area contributed by atoms with Crippen LogP contribution in [0.3, 0.4) is 0 Å². The molecule has 66 valence electrons. The highest BCUT2D eigenvalue weighted by Gasteiger charge is 2.24. The average Bonchev–Trinajstić information content (AvgIpc) is 2.77. The van der Waals surface area contributed by atoms with E-state index in [1.54, 1.807) is 12.5 Å². The lowest BCUT2D eigenvalue weighted by Gasteiger charge is -2.15. The maximum absolute atomic E-state index is 9.85. The van der Waals surface area contributed by atoms with Gasteiger partial charge in [-0.25, -0.2) is 0 Å². The fourth-order valence-corrected chi connectivity index (χ4v) is 1.99. The molecule has 0 saturated heterocycles. The second-order valence-corrected chi connectivity index (χ2v) is 3.55. The molecular weight excluding hydrogens is 152 g/mol. The topological polar surface area (TPSA) is 33.4 Å². The van der Waals surface area contributed by atoms with Gasteiger partial charge in [-0.05, 0) is 24.8 Å². The van der Waals surface area contributed by atoms with Gasteiger partial charge in [0.1, 0.15) is 0 Å². The Morgan fingerprint density at radius 2 is 2.17 bits per heavy atom. The summed E-state index contributed by atoms with van der Waals surface area (Å²) in [5.74, 6) is 0.461. The Bertz CT molecular complexity index is 222. The smallest absolute Gasteiger partial charge is 0.0960 e. The highest BCUT2D eigenvalue weighted by atomic mass is 16.3. The Morgan fingerprint density at radius 3 is 2.75 bits per heavy atom. The summed E-state index contributed by atoms with van der Waals surface area (Å²) >= 11 is 0. The van der Waals surface area contributed by atoms with Crippen LogP contribution in [0.25, 0.3) is 0 Å². The van der Waals surface area contributed by atoms with E-state index in [0.717, 1.165) is 18.4 Å². The van der Waals surface area contributed by atoms with Gasteiger partial charge in [-0.2, -0.15) is 0 Å². The highest BCUT2D eigenvalue weighted by Crippen LogP contribution is 2.35. The molecule has 1 N–H and O–H groups in total. The van der Waals surface area contributed by atoms with Crippen molar-refractivity contribution in [3.63, 3.8) is 0 Å². The minimum absolute atomic E-state index is 0.300. The second-order valence-electron chi connectivity index (χ2n) is 3.55. The Balaban J connectivity index is 2.04. The van der Waals surface area contributed by atoms with Crippen LogP contribution in [0.5, 0.6) is 0 Å². The first-order valence-electron chi connectivity index (χ1n) is 4.58. The first-order valence-corrected chi connectivity index (χ1v) is 4.58. The fraction of sp³-hybridized carbons (Fsp3) is 0.600. The number of aliphatic hydroxyl groups is 1. The molecule has 1 heterocycles. The minimum Gasteiger partial charge on any atom is -0.472 e. The first-order chi connectivity index (χ1) is 5.88. The molecule has 0 bridgehead atoms. The Morgan fingerprint density at radius 1 is 1.42 bits per heavy atom. The van der Waals surface area contributed by atoms with Gasteiger partial charge in [0.15, 0.2) is 0 Å². The molecule has 12 heavy (non-hydrogen) atoms. The monoisotopic (exact) mass is 166 g/mol. The summed E-state index contributed by atoms with van der Waals surface area (Å²) in [4.78, 5) is 0. The van der Waals surface area contributed by atoms with Crippen molar-refractivity contribution < 1.29 is 9.52 Å². The van der Waals surface area contributed by atoms with E-state index in [9.17, 15) is 5.11 Å². The summed E-state index contributed by atoms with van der Waals surface area (Å²) in [6, 6.07) is 1.85. The van der Waals surface area contributed by atoms with E-state index in [2.05, 4.69) is 0 Å². The molecule has 0 aromatic carbocycles. The number of rotatable bonds is 2. The predicted octanol–water partition coefficient (Wildman–Crippen LogP) is 2.50.